The molecule has 1 saturated heterocycles. The van der Waals surface area contributed by atoms with Gasteiger partial charge in [-0.05, 0) is 36.5 Å². The molecule has 1 heterocycles. The van der Waals surface area contributed by atoms with Gasteiger partial charge in [0.15, 0.2) is 0 Å². The third-order valence-electron chi connectivity index (χ3n) is 6.03. The number of carbonyl (C=O) groups is 1. The predicted octanol–water partition coefficient (Wildman–Crippen LogP) is 1.62. The molecule has 4 nitrogen and oxygen atoms in total. The second-order valence-electron chi connectivity index (χ2n) is 7.52. The predicted molar refractivity (Wildman–Crippen MR) is 80.0 cm³/mol. The van der Waals surface area contributed by atoms with Crippen molar-refractivity contribution in [2.24, 2.45) is 28.9 Å². The lowest BCUT2D eigenvalue weighted by molar-refractivity contribution is -0.147. The molecule has 1 amide bonds. The number of hydrogen-bond donors (Lipinski definition) is 2. The second kappa shape index (κ2) is 5.64. The monoisotopic (exact) mass is 282 g/mol. The third kappa shape index (κ3) is 2.73. The molecule has 0 radical (unpaired) electrons. The quantitative estimate of drug-likeness (QED) is 0.768. The normalized spacial score (nSPS) is 41.5. The fourth-order valence-corrected chi connectivity index (χ4v) is 3.76. The SMILES string of the molecule is CC1CCN(C(=O)C2CCC(N)C(C)C2(C)C)CC1O. The van der Waals surface area contributed by atoms with Crippen LogP contribution in [0.15, 0.2) is 0 Å². The molecule has 0 aromatic rings. The zero-order valence-electron chi connectivity index (χ0n) is 13.3. The Morgan fingerprint density at radius 1 is 1.25 bits per heavy atom. The summed E-state index contributed by atoms with van der Waals surface area (Å²) in [6.07, 6.45) is 2.32. The van der Waals surface area contributed by atoms with Crippen LogP contribution in [0.1, 0.15) is 47.0 Å². The highest BCUT2D eigenvalue weighted by molar-refractivity contribution is 5.80. The van der Waals surface area contributed by atoms with E-state index in [0.29, 0.717) is 18.4 Å². The molecule has 1 aliphatic carbocycles. The summed E-state index contributed by atoms with van der Waals surface area (Å²) >= 11 is 0. The molecule has 1 aliphatic heterocycles. The van der Waals surface area contributed by atoms with Gasteiger partial charge in [0.2, 0.25) is 5.91 Å². The number of hydrogen-bond acceptors (Lipinski definition) is 3. The van der Waals surface area contributed by atoms with E-state index >= 15 is 0 Å². The molecule has 20 heavy (non-hydrogen) atoms. The molecule has 0 aromatic heterocycles. The largest absolute Gasteiger partial charge is 0.391 e. The van der Waals surface area contributed by atoms with E-state index in [1.54, 1.807) is 0 Å². The van der Waals surface area contributed by atoms with Crippen LogP contribution in [-0.2, 0) is 4.79 Å². The molecule has 2 rings (SSSR count). The Hall–Kier alpha value is -0.610. The summed E-state index contributed by atoms with van der Waals surface area (Å²) in [4.78, 5) is 14.7. The first-order chi connectivity index (χ1) is 9.25. The van der Waals surface area contributed by atoms with Crippen LogP contribution in [0.3, 0.4) is 0 Å². The van der Waals surface area contributed by atoms with Gasteiger partial charge in [-0.3, -0.25) is 4.79 Å². The molecule has 0 spiro atoms. The molecular weight excluding hydrogens is 252 g/mol. The summed E-state index contributed by atoms with van der Waals surface area (Å²) in [5.41, 5.74) is 6.10. The van der Waals surface area contributed by atoms with Gasteiger partial charge in [0, 0.05) is 25.0 Å². The summed E-state index contributed by atoms with van der Waals surface area (Å²) in [6, 6.07) is 0.195. The van der Waals surface area contributed by atoms with E-state index in [2.05, 4.69) is 27.7 Å². The highest BCUT2D eigenvalue weighted by Crippen LogP contribution is 2.45. The van der Waals surface area contributed by atoms with Crippen LogP contribution in [0.5, 0.6) is 0 Å². The van der Waals surface area contributed by atoms with Crippen LogP contribution in [0.25, 0.3) is 0 Å². The van der Waals surface area contributed by atoms with Gasteiger partial charge < -0.3 is 15.7 Å². The summed E-state index contributed by atoms with van der Waals surface area (Å²) in [6.45, 7) is 9.83. The van der Waals surface area contributed by atoms with Crippen molar-refractivity contribution in [3.8, 4) is 0 Å². The van der Waals surface area contributed by atoms with Crippen LogP contribution in [-0.4, -0.2) is 41.1 Å². The van der Waals surface area contributed by atoms with Gasteiger partial charge in [0.1, 0.15) is 0 Å². The third-order valence-corrected chi connectivity index (χ3v) is 6.03. The first kappa shape index (κ1) is 15.8. The van der Waals surface area contributed by atoms with Gasteiger partial charge in [-0.2, -0.15) is 0 Å². The minimum absolute atomic E-state index is 0.0397. The summed E-state index contributed by atoms with van der Waals surface area (Å²) in [5.74, 6) is 0.905. The molecule has 2 aliphatic rings. The molecule has 0 bridgehead atoms. The standard InChI is InChI=1S/C16H30N2O2/c1-10-7-8-18(9-14(10)19)15(20)12-5-6-13(17)11(2)16(12,3)4/h10-14,19H,5-9,17H2,1-4H3. The van der Waals surface area contributed by atoms with Gasteiger partial charge >= 0.3 is 0 Å². The lowest BCUT2D eigenvalue weighted by atomic mass is 9.60. The molecular formula is C16H30N2O2. The lowest BCUT2D eigenvalue weighted by Crippen LogP contribution is -2.55. The Morgan fingerprint density at radius 3 is 2.50 bits per heavy atom. The van der Waals surface area contributed by atoms with E-state index in [4.69, 9.17) is 5.73 Å². The summed E-state index contributed by atoms with van der Waals surface area (Å²) in [5, 5.41) is 10.0. The Labute approximate surface area is 122 Å². The first-order valence-electron chi connectivity index (χ1n) is 7.97. The molecule has 0 aromatic carbocycles. The zero-order chi connectivity index (χ0) is 15.1. The van der Waals surface area contributed by atoms with E-state index in [1.807, 2.05) is 4.90 Å². The Kier molecular flexibility index (Phi) is 4.45. The average molecular weight is 282 g/mol. The van der Waals surface area contributed by atoms with E-state index in [9.17, 15) is 9.90 Å². The van der Waals surface area contributed by atoms with Crippen LogP contribution >= 0.6 is 0 Å². The number of aliphatic hydroxyl groups is 1. The maximum atomic E-state index is 12.8. The van der Waals surface area contributed by atoms with E-state index < -0.39 is 0 Å². The van der Waals surface area contributed by atoms with Gasteiger partial charge in [-0.15, -0.1) is 0 Å². The van der Waals surface area contributed by atoms with Crippen LogP contribution < -0.4 is 5.73 Å². The summed E-state index contributed by atoms with van der Waals surface area (Å²) in [7, 11) is 0. The number of rotatable bonds is 1. The van der Waals surface area contributed by atoms with Gasteiger partial charge in [-0.25, -0.2) is 0 Å². The number of likely N-dealkylation sites (tertiary alicyclic amines) is 1. The highest BCUT2D eigenvalue weighted by atomic mass is 16.3. The van der Waals surface area contributed by atoms with Crippen LogP contribution in [0.4, 0.5) is 0 Å². The number of nitrogens with two attached hydrogens (primary N) is 1. The molecule has 3 N–H and O–H groups in total. The minimum Gasteiger partial charge on any atom is -0.391 e. The Morgan fingerprint density at radius 2 is 1.90 bits per heavy atom. The fraction of sp³-hybridized carbons (Fsp3) is 0.938. The molecule has 2 fully saturated rings. The van der Waals surface area contributed by atoms with E-state index in [1.165, 1.54) is 0 Å². The van der Waals surface area contributed by atoms with Crippen molar-refractivity contribution >= 4 is 5.91 Å². The number of piperidine rings is 1. The molecule has 4 heteroatoms. The van der Waals surface area contributed by atoms with Crippen LogP contribution in [0, 0.1) is 23.2 Å². The van der Waals surface area contributed by atoms with Gasteiger partial charge in [0.05, 0.1) is 6.10 Å². The average Bonchev–Trinajstić information content (AvgIpc) is 2.39. The number of nitrogens with zero attached hydrogens (tertiary/aromatic N) is 1. The summed E-state index contributed by atoms with van der Waals surface area (Å²) < 4.78 is 0. The maximum Gasteiger partial charge on any atom is 0.226 e. The number of amides is 1. The van der Waals surface area contributed by atoms with Crippen molar-refractivity contribution in [3.63, 3.8) is 0 Å². The van der Waals surface area contributed by atoms with Crippen molar-refractivity contribution in [2.75, 3.05) is 13.1 Å². The number of aliphatic hydroxyl groups excluding tert-OH is 1. The molecule has 5 atom stereocenters. The fourth-order valence-electron chi connectivity index (χ4n) is 3.76. The van der Waals surface area contributed by atoms with Crippen molar-refractivity contribution in [2.45, 2.75) is 59.1 Å². The van der Waals surface area contributed by atoms with Crippen molar-refractivity contribution in [1.29, 1.82) is 0 Å². The molecule has 5 unspecified atom stereocenters. The van der Waals surface area contributed by atoms with Crippen molar-refractivity contribution in [1.82, 2.24) is 4.90 Å². The van der Waals surface area contributed by atoms with Gasteiger partial charge in [0.25, 0.3) is 0 Å². The van der Waals surface area contributed by atoms with E-state index in [-0.39, 0.29) is 29.4 Å². The Balaban J connectivity index is 2.09. The second-order valence-corrected chi connectivity index (χ2v) is 7.52. The number of β-amino-alcohol motifs (C(OH)–C–C–N with tert-alkyl or cyclic N) is 1. The topological polar surface area (TPSA) is 66.6 Å². The van der Waals surface area contributed by atoms with Gasteiger partial charge in [-0.1, -0.05) is 27.7 Å². The smallest absolute Gasteiger partial charge is 0.226 e. The minimum atomic E-state index is -0.376. The highest BCUT2D eigenvalue weighted by Gasteiger charge is 2.46. The zero-order valence-corrected chi connectivity index (χ0v) is 13.3. The maximum absolute atomic E-state index is 12.8. The number of carbonyl (C=O) groups excluding carboxylic acids is 1. The van der Waals surface area contributed by atoms with Crippen molar-refractivity contribution in [3.05, 3.63) is 0 Å². The Bertz CT molecular complexity index is 369. The molecule has 1 saturated carbocycles. The van der Waals surface area contributed by atoms with E-state index in [0.717, 1.165) is 25.8 Å². The van der Waals surface area contributed by atoms with Crippen LogP contribution in [0.2, 0.25) is 0 Å². The van der Waals surface area contributed by atoms with Crippen molar-refractivity contribution < 1.29 is 9.90 Å². The lowest BCUT2D eigenvalue weighted by Gasteiger charge is -2.48. The first-order valence-corrected chi connectivity index (χ1v) is 7.97. The molecule has 116 valence electrons.